The van der Waals surface area contributed by atoms with Crippen LogP contribution in [0.5, 0.6) is 0 Å². The Morgan fingerprint density at radius 2 is 1.98 bits per heavy atom. The number of hydrogen-bond acceptors (Lipinski definition) is 15. The number of aliphatic hydroxyl groups excluding tert-OH is 2. The standard InChI is InChI=1S/C22H25N3O15P2/c1-12(26)36-18-7-9-34-42(33,39-18)40-41(31,32)35-11-16-19(28)20(29)21(37-16)24-8-6-17(27)25(22(24)30)10-14-13-4-2-3-5-15(13)38-23-14/h2-6,8,16,18-21,28-29H,7,9-11H2,1H3,(H,31,32)/t16-,18?,19+,20+,21-,42?/m1/s1. The summed E-state index contributed by atoms with van der Waals surface area (Å²) >= 11 is 0. The van der Waals surface area contributed by atoms with Crippen LogP contribution < -0.4 is 11.2 Å². The lowest BCUT2D eigenvalue weighted by molar-refractivity contribution is -0.169. The summed E-state index contributed by atoms with van der Waals surface area (Å²) in [5.74, 6) is -0.765. The van der Waals surface area contributed by atoms with Gasteiger partial charge in [0.15, 0.2) is 11.8 Å². The molecule has 3 aromatic rings. The van der Waals surface area contributed by atoms with Crippen molar-refractivity contribution in [2.24, 2.45) is 0 Å². The van der Waals surface area contributed by atoms with Gasteiger partial charge in [-0.05, 0) is 12.1 Å². The van der Waals surface area contributed by atoms with E-state index >= 15 is 0 Å². The number of para-hydroxylation sites is 1. The maximum absolute atomic E-state index is 13.2. The third kappa shape index (κ3) is 6.48. The van der Waals surface area contributed by atoms with Crippen LogP contribution in [-0.2, 0) is 47.8 Å². The van der Waals surface area contributed by atoms with E-state index in [-0.39, 0.29) is 19.6 Å². The van der Waals surface area contributed by atoms with Gasteiger partial charge in [-0.1, -0.05) is 17.3 Å². The van der Waals surface area contributed by atoms with E-state index in [0.717, 1.165) is 28.3 Å². The minimum absolute atomic E-state index is 0.0211. The molecule has 228 valence electrons. The molecule has 3 unspecified atom stereocenters. The number of fused-ring (bicyclic) bond motifs is 1. The highest BCUT2D eigenvalue weighted by Gasteiger charge is 2.48. The van der Waals surface area contributed by atoms with Crippen LogP contribution in [0.25, 0.3) is 11.0 Å². The van der Waals surface area contributed by atoms with Crippen molar-refractivity contribution < 1.29 is 60.9 Å². The normalized spacial score (nSPS) is 29.4. The second kappa shape index (κ2) is 11.9. The van der Waals surface area contributed by atoms with Gasteiger partial charge < -0.3 is 29.1 Å². The Morgan fingerprint density at radius 1 is 1.21 bits per heavy atom. The van der Waals surface area contributed by atoms with E-state index in [4.69, 9.17) is 27.6 Å². The van der Waals surface area contributed by atoms with E-state index < -0.39 is 70.3 Å². The molecular weight excluding hydrogens is 608 g/mol. The largest absolute Gasteiger partial charge is 0.486 e. The zero-order chi connectivity index (χ0) is 30.2. The molecule has 0 radical (unpaired) electrons. The Kier molecular flexibility index (Phi) is 8.65. The van der Waals surface area contributed by atoms with Crippen LogP contribution in [-0.4, -0.2) is 73.2 Å². The molecule has 5 rings (SSSR count). The molecule has 7 atom stereocenters. The lowest BCUT2D eigenvalue weighted by atomic mass is 10.1. The van der Waals surface area contributed by atoms with Gasteiger partial charge in [0.25, 0.3) is 5.56 Å². The average molecular weight is 633 g/mol. The monoisotopic (exact) mass is 633 g/mol. The number of carbonyl (C=O) groups is 1. The van der Waals surface area contributed by atoms with Gasteiger partial charge >= 0.3 is 27.3 Å². The highest BCUT2D eigenvalue weighted by molar-refractivity contribution is 7.61. The predicted molar refractivity (Wildman–Crippen MR) is 136 cm³/mol. The van der Waals surface area contributed by atoms with Gasteiger partial charge in [0, 0.05) is 31.0 Å². The highest BCUT2D eigenvalue weighted by Crippen LogP contribution is 2.65. The fraction of sp³-hybridized carbons (Fsp3) is 0.455. The summed E-state index contributed by atoms with van der Waals surface area (Å²) in [6, 6.07) is 7.85. The van der Waals surface area contributed by atoms with Crippen molar-refractivity contribution in [1.82, 2.24) is 14.3 Å². The summed E-state index contributed by atoms with van der Waals surface area (Å²) in [5, 5.41) is 25.6. The number of phosphoric ester groups is 2. The smallest absolute Gasteiger partial charge is 0.435 e. The lowest BCUT2D eigenvalue weighted by Gasteiger charge is -2.28. The van der Waals surface area contributed by atoms with Crippen LogP contribution in [0.2, 0.25) is 0 Å². The number of aliphatic hydroxyl groups is 2. The molecule has 2 aliphatic heterocycles. The number of benzene rings is 1. The van der Waals surface area contributed by atoms with Crippen molar-refractivity contribution in [1.29, 1.82) is 0 Å². The number of carbonyl (C=O) groups excluding carboxylic acids is 1. The number of ether oxygens (including phenoxy) is 2. The molecule has 4 heterocycles. The highest BCUT2D eigenvalue weighted by atomic mass is 31.3. The zero-order valence-electron chi connectivity index (χ0n) is 21.7. The van der Waals surface area contributed by atoms with Gasteiger partial charge in [-0.15, -0.1) is 0 Å². The maximum Gasteiger partial charge on any atom is 0.486 e. The van der Waals surface area contributed by atoms with Crippen LogP contribution >= 0.6 is 15.6 Å². The molecule has 2 saturated heterocycles. The van der Waals surface area contributed by atoms with E-state index in [1.165, 1.54) is 0 Å². The molecule has 0 spiro atoms. The SMILES string of the molecule is CC(=O)OC1CCOP(=O)(OP(=O)(O)OC[C@H]2O[C@@H](n3ccc(=O)n(Cc4noc5ccccc45)c3=O)[C@@H](O)[C@H]2O)O1. The van der Waals surface area contributed by atoms with Gasteiger partial charge in [0.2, 0.25) is 6.29 Å². The van der Waals surface area contributed by atoms with Gasteiger partial charge in [0.1, 0.15) is 24.0 Å². The second-order valence-electron chi connectivity index (χ2n) is 9.16. The topological polar surface area (TPSA) is 237 Å². The van der Waals surface area contributed by atoms with E-state index in [0.29, 0.717) is 16.7 Å². The Morgan fingerprint density at radius 3 is 2.74 bits per heavy atom. The fourth-order valence-electron chi connectivity index (χ4n) is 4.28. The quantitative estimate of drug-likeness (QED) is 0.213. The summed E-state index contributed by atoms with van der Waals surface area (Å²) in [7, 11) is -9.92. The predicted octanol–water partition coefficient (Wildman–Crippen LogP) is 0.386. The van der Waals surface area contributed by atoms with Gasteiger partial charge in [-0.2, -0.15) is 4.31 Å². The van der Waals surface area contributed by atoms with Gasteiger partial charge in [-0.3, -0.25) is 27.8 Å². The molecule has 1 aromatic carbocycles. The first-order chi connectivity index (χ1) is 19.9. The Balaban J connectivity index is 1.27. The van der Waals surface area contributed by atoms with Crippen molar-refractivity contribution in [2.45, 2.75) is 50.7 Å². The van der Waals surface area contributed by atoms with E-state index in [1.54, 1.807) is 24.3 Å². The summed E-state index contributed by atoms with van der Waals surface area (Å²) in [4.78, 5) is 46.9. The number of nitrogens with zero attached hydrogens (tertiary/aromatic N) is 3. The van der Waals surface area contributed by atoms with Crippen LogP contribution in [0, 0.1) is 0 Å². The van der Waals surface area contributed by atoms with Crippen molar-refractivity contribution in [3.8, 4) is 0 Å². The second-order valence-corrected chi connectivity index (χ2v) is 12.4. The van der Waals surface area contributed by atoms with Gasteiger partial charge in [0.05, 0.1) is 19.8 Å². The Labute approximate surface area is 235 Å². The fourth-order valence-corrected chi connectivity index (χ4v) is 6.99. The molecule has 20 heteroatoms. The molecule has 0 aliphatic carbocycles. The molecule has 0 bridgehead atoms. The first kappa shape index (κ1) is 30.4. The minimum atomic E-state index is -5.21. The van der Waals surface area contributed by atoms with Crippen molar-refractivity contribution in [3.63, 3.8) is 0 Å². The summed E-state index contributed by atoms with van der Waals surface area (Å²) in [5.41, 5.74) is -0.869. The van der Waals surface area contributed by atoms with Crippen molar-refractivity contribution in [3.05, 3.63) is 63.1 Å². The first-order valence-electron chi connectivity index (χ1n) is 12.3. The molecule has 0 saturated carbocycles. The molecule has 2 aromatic heterocycles. The summed E-state index contributed by atoms with van der Waals surface area (Å²) in [6.07, 6.45) is -6.86. The van der Waals surface area contributed by atoms with Crippen LogP contribution in [0.3, 0.4) is 0 Å². The van der Waals surface area contributed by atoms with E-state index in [2.05, 4.69) is 9.47 Å². The van der Waals surface area contributed by atoms with Crippen molar-refractivity contribution in [2.75, 3.05) is 13.2 Å². The number of hydrogen-bond donors (Lipinski definition) is 3. The van der Waals surface area contributed by atoms with Crippen molar-refractivity contribution >= 4 is 32.6 Å². The number of rotatable bonds is 9. The summed E-state index contributed by atoms with van der Waals surface area (Å²) in [6.45, 7) is -0.395. The number of esters is 1. The summed E-state index contributed by atoms with van der Waals surface area (Å²) < 4.78 is 61.2. The van der Waals surface area contributed by atoms with Crippen LogP contribution in [0.1, 0.15) is 25.3 Å². The van der Waals surface area contributed by atoms with Gasteiger partial charge in [-0.25, -0.2) is 18.4 Å². The third-order valence-electron chi connectivity index (χ3n) is 6.22. The molecule has 18 nitrogen and oxygen atoms in total. The van der Waals surface area contributed by atoms with E-state index in [1.807, 2.05) is 0 Å². The Hall–Kier alpha value is -3.02. The average Bonchev–Trinajstić information content (AvgIpc) is 3.45. The van der Waals surface area contributed by atoms with Crippen LogP contribution in [0.4, 0.5) is 0 Å². The minimum Gasteiger partial charge on any atom is -0.435 e. The Bertz CT molecular complexity index is 1680. The first-order valence-corrected chi connectivity index (χ1v) is 15.3. The molecule has 42 heavy (non-hydrogen) atoms. The maximum atomic E-state index is 13.2. The molecular formula is C22H25N3O15P2. The molecule has 2 fully saturated rings. The molecule has 0 amide bonds. The third-order valence-corrected chi connectivity index (χ3v) is 9.31. The molecule has 2 aliphatic rings. The lowest BCUT2D eigenvalue weighted by Crippen LogP contribution is -2.43. The van der Waals surface area contributed by atoms with E-state index in [9.17, 15) is 38.6 Å². The number of phosphoric acid groups is 2. The molecule has 3 N–H and O–H groups in total. The van der Waals surface area contributed by atoms with Crippen LogP contribution in [0.15, 0.2) is 50.6 Å². The number of aromatic nitrogens is 3. The zero-order valence-corrected chi connectivity index (χ0v) is 23.4.